The molecule has 0 amide bonds. The summed E-state index contributed by atoms with van der Waals surface area (Å²) < 4.78 is 2.70. The molecular formula is C15H11Br3O. The molecule has 0 N–H and O–H groups in total. The summed E-state index contributed by atoms with van der Waals surface area (Å²) in [6.07, 6.45) is 0. The monoisotopic (exact) mass is 444 g/mol. The first-order chi connectivity index (χ1) is 8.90. The van der Waals surface area contributed by atoms with Gasteiger partial charge >= 0.3 is 0 Å². The summed E-state index contributed by atoms with van der Waals surface area (Å²) in [6, 6.07) is 9.45. The zero-order valence-corrected chi connectivity index (χ0v) is 15.2. The van der Waals surface area contributed by atoms with Gasteiger partial charge < -0.3 is 0 Å². The highest BCUT2D eigenvalue weighted by molar-refractivity contribution is 9.11. The summed E-state index contributed by atoms with van der Waals surface area (Å²) in [5.74, 6) is 0.00766. The van der Waals surface area contributed by atoms with Crippen LogP contribution < -0.4 is 0 Å². The molecule has 0 bridgehead atoms. The quantitative estimate of drug-likeness (QED) is 0.531. The third-order valence-corrected chi connectivity index (χ3v) is 5.29. The zero-order chi connectivity index (χ0) is 14.2. The second-order valence-corrected chi connectivity index (χ2v) is 6.94. The highest BCUT2D eigenvalue weighted by Crippen LogP contribution is 2.28. The molecule has 0 aliphatic rings. The van der Waals surface area contributed by atoms with Gasteiger partial charge in [0.15, 0.2) is 5.78 Å². The number of rotatable bonds is 2. The van der Waals surface area contributed by atoms with Crippen LogP contribution in [0.5, 0.6) is 0 Å². The first kappa shape index (κ1) is 14.9. The number of carbonyl (C=O) groups is 1. The van der Waals surface area contributed by atoms with Gasteiger partial charge in [-0.1, -0.05) is 59.9 Å². The molecule has 2 rings (SSSR count). The fraction of sp³-hybridized carbons (Fsp3) is 0.133. The average molecular weight is 447 g/mol. The molecule has 98 valence electrons. The molecule has 2 aromatic carbocycles. The van der Waals surface area contributed by atoms with Crippen molar-refractivity contribution in [1.82, 2.24) is 0 Å². The Bertz CT molecular complexity index is 663. The van der Waals surface area contributed by atoms with Crippen LogP contribution in [0.1, 0.15) is 27.0 Å². The van der Waals surface area contributed by atoms with Crippen LogP contribution in [0.25, 0.3) is 0 Å². The second kappa shape index (κ2) is 5.90. The number of benzene rings is 2. The second-order valence-electron chi connectivity index (χ2n) is 4.37. The molecule has 0 radical (unpaired) electrons. The molecule has 4 heteroatoms. The number of carbonyl (C=O) groups excluding carboxylic acids is 1. The lowest BCUT2D eigenvalue weighted by molar-refractivity contribution is 0.103. The predicted octanol–water partition coefficient (Wildman–Crippen LogP) is 5.82. The number of hydrogen-bond acceptors (Lipinski definition) is 1. The molecule has 0 heterocycles. The Balaban J connectivity index is 2.49. The van der Waals surface area contributed by atoms with Crippen molar-refractivity contribution < 1.29 is 4.79 Å². The third-order valence-electron chi connectivity index (χ3n) is 2.93. The van der Waals surface area contributed by atoms with E-state index in [0.717, 1.165) is 24.5 Å². The van der Waals surface area contributed by atoms with E-state index in [0.29, 0.717) is 11.1 Å². The topological polar surface area (TPSA) is 17.1 Å². The van der Waals surface area contributed by atoms with Gasteiger partial charge in [0.2, 0.25) is 0 Å². The molecule has 0 aromatic heterocycles. The molecule has 0 aliphatic heterocycles. The number of ketones is 1. The molecule has 0 unspecified atom stereocenters. The minimum atomic E-state index is 0.00766. The van der Waals surface area contributed by atoms with E-state index in [1.54, 1.807) is 0 Å². The maximum absolute atomic E-state index is 12.5. The highest BCUT2D eigenvalue weighted by Gasteiger charge is 2.15. The molecule has 2 aromatic rings. The van der Waals surface area contributed by atoms with Gasteiger partial charge in [0.1, 0.15) is 0 Å². The summed E-state index contributed by atoms with van der Waals surface area (Å²) in [5.41, 5.74) is 3.54. The largest absolute Gasteiger partial charge is 0.289 e. The summed E-state index contributed by atoms with van der Waals surface area (Å²) in [6.45, 7) is 3.99. The van der Waals surface area contributed by atoms with Crippen LogP contribution in [0.2, 0.25) is 0 Å². The van der Waals surface area contributed by atoms with Crippen LogP contribution in [0.15, 0.2) is 43.7 Å². The number of hydrogen-bond donors (Lipinski definition) is 0. The van der Waals surface area contributed by atoms with Gasteiger partial charge in [-0.15, -0.1) is 0 Å². The van der Waals surface area contributed by atoms with E-state index in [4.69, 9.17) is 0 Å². The van der Waals surface area contributed by atoms with E-state index in [-0.39, 0.29) is 5.78 Å². The van der Waals surface area contributed by atoms with Crippen molar-refractivity contribution in [2.24, 2.45) is 0 Å². The Morgan fingerprint density at radius 1 is 0.842 bits per heavy atom. The minimum absolute atomic E-state index is 0.00766. The summed E-state index contributed by atoms with van der Waals surface area (Å²) in [4.78, 5) is 12.5. The van der Waals surface area contributed by atoms with E-state index < -0.39 is 0 Å². The Hall–Kier alpha value is -0.450. The zero-order valence-electron chi connectivity index (χ0n) is 10.4. The summed E-state index contributed by atoms with van der Waals surface area (Å²) in [5, 5.41) is 0. The summed E-state index contributed by atoms with van der Waals surface area (Å²) >= 11 is 10.4. The smallest absolute Gasteiger partial charge is 0.194 e. The third kappa shape index (κ3) is 3.18. The van der Waals surface area contributed by atoms with Crippen molar-refractivity contribution in [3.63, 3.8) is 0 Å². The Morgan fingerprint density at radius 2 is 1.47 bits per heavy atom. The normalized spacial score (nSPS) is 10.6. The van der Waals surface area contributed by atoms with Crippen LogP contribution in [0, 0.1) is 13.8 Å². The molecule has 0 aliphatic carbocycles. The van der Waals surface area contributed by atoms with E-state index >= 15 is 0 Å². The van der Waals surface area contributed by atoms with E-state index in [9.17, 15) is 4.79 Å². The molecule has 0 spiro atoms. The molecule has 1 nitrogen and oxygen atoms in total. The molecular weight excluding hydrogens is 436 g/mol. The molecule has 0 atom stereocenters. The Kier molecular flexibility index (Phi) is 4.64. The molecule has 0 saturated heterocycles. The van der Waals surface area contributed by atoms with Crippen LogP contribution in [0.4, 0.5) is 0 Å². The average Bonchev–Trinajstić information content (AvgIpc) is 2.36. The van der Waals surface area contributed by atoms with E-state index in [1.807, 2.05) is 44.2 Å². The minimum Gasteiger partial charge on any atom is -0.289 e. The van der Waals surface area contributed by atoms with Gasteiger partial charge in [-0.05, 0) is 43.2 Å². The van der Waals surface area contributed by atoms with Gasteiger partial charge in [-0.2, -0.15) is 0 Å². The van der Waals surface area contributed by atoms with Crippen LogP contribution in [0.3, 0.4) is 0 Å². The fourth-order valence-electron chi connectivity index (χ4n) is 1.71. The number of aryl methyl sites for hydroxylation is 2. The first-order valence-corrected chi connectivity index (χ1v) is 8.04. The van der Waals surface area contributed by atoms with Crippen LogP contribution >= 0.6 is 47.8 Å². The maximum Gasteiger partial charge on any atom is 0.194 e. The van der Waals surface area contributed by atoms with Gasteiger partial charge in [0.05, 0.1) is 0 Å². The van der Waals surface area contributed by atoms with Gasteiger partial charge in [-0.3, -0.25) is 4.79 Å². The number of halogens is 3. The molecule has 0 saturated carbocycles. The lowest BCUT2D eigenvalue weighted by Crippen LogP contribution is -2.03. The highest BCUT2D eigenvalue weighted by atomic mass is 79.9. The van der Waals surface area contributed by atoms with Gasteiger partial charge in [0, 0.05) is 24.5 Å². The van der Waals surface area contributed by atoms with Gasteiger partial charge in [-0.25, -0.2) is 0 Å². The summed E-state index contributed by atoms with van der Waals surface area (Å²) in [7, 11) is 0. The molecule has 0 fully saturated rings. The van der Waals surface area contributed by atoms with Crippen molar-refractivity contribution >= 4 is 53.6 Å². The van der Waals surface area contributed by atoms with E-state index in [1.165, 1.54) is 0 Å². The van der Waals surface area contributed by atoms with Crippen molar-refractivity contribution in [2.45, 2.75) is 13.8 Å². The van der Waals surface area contributed by atoms with Crippen molar-refractivity contribution in [2.75, 3.05) is 0 Å². The lowest BCUT2D eigenvalue weighted by atomic mass is 10.0. The Labute approximate surface area is 137 Å². The first-order valence-electron chi connectivity index (χ1n) is 5.66. The van der Waals surface area contributed by atoms with Crippen LogP contribution in [-0.2, 0) is 0 Å². The Morgan fingerprint density at radius 3 is 2.11 bits per heavy atom. The van der Waals surface area contributed by atoms with Crippen LogP contribution in [-0.4, -0.2) is 5.78 Å². The maximum atomic E-state index is 12.5. The van der Waals surface area contributed by atoms with Crippen molar-refractivity contribution in [1.29, 1.82) is 0 Å². The van der Waals surface area contributed by atoms with Crippen molar-refractivity contribution in [3.05, 3.63) is 66.0 Å². The molecule has 19 heavy (non-hydrogen) atoms. The van der Waals surface area contributed by atoms with E-state index in [2.05, 4.69) is 47.8 Å². The van der Waals surface area contributed by atoms with Crippen molar-refractivity contribution in [3.8, 4) is 0 Å². The lowest BCUT2D eigenvalue weighted by Gasteiger charge is -2.08. The predicted molar refractivity (Wildman–Crippen MR) is 88.9 cm³/mol. The SMILES string of the molecule is Cc1ccc(C(=O)c2cc(Br)c(C)cc2Br)cc1Br. The van der Waals surface area contributed by atoms with Gasteiger partial charge in [0.25, 0.3) is 0 Å². The fourth-order valence-corrected chi connectivity index (χ4v) is 3.07. The standard InChI is InChI=1S/C15H11Br3O/c1-8-3-4-10(6-12(8)16)15(19)11-7-13(17)9(2)5-14(11)18/h3-7H,1-2H3.